The summed E-state index contributed by atoms with van der Waals surface area (Å²) in [5, 5.41) is 0. The van der Waals surface area contributed by atoms with Crippen molar-refractivity contribution >= 4 is 5.91 Å². The van der Waals surface area contributed by atoms with E-state index in [9.17, 15) is 4.79 Å². The summed E-state index contributed by atoms with van der Waals surface area (Å²) in [7, 11) is 0. The molecule has 1 atom stereocenters. The molecule has 4 nitrogen and oxygen atoms in total. The molecule has 1 aliphatic rings. The number of carbonyl (C=O) groups is 1. The van der Waals surface area contributed by atoms with E-state index < -0.39 is 0 Å². The Balaban J connectivity index is 2.03. The van der Waals surface area contributed by atoms with Crippen LogP contribution in [-0.2, 0) is 4.79 Å². The van der Waals surface area contributed by atoms with Crippen LogP contribution < -0.4 is 5.73 Å². The minimum atomic E-state index is 0.176. The SMILES string of the molecule is CC(=O)N1CCN(C(CCN)c2ccccc2)CC1. The summed E-state index contributed by atoms with van der Waals surface area (Å²) in [6.45, 7) is 5.83. The molecule has 1 aromatic rings. The first-order chi connectivity index (χ1) is 9.22. The first-order valence-corrected chi connectivity index (χ1v) is 6.97. The van der Waals surface area contributed by atoms with E-state index in [4.69, 9.17) is 5.73 Å². The number of hydrogen-bond acceptors (Lipinski definition) is 3. The smallest absolute Gasteiger partial charge is 0.219 e. The molecule has 2 rings (SSSR count). The molecule has 1 heterocycles. The lowest BCUT2D eigenvalue weighted by molar-refractivity contribution is -0.130. The molecule has 19 heavy (non-hydrogen) atoms. The second-order valence-electron chi connectivity index (χ2n) is 5.05. The number of hydrogen-bond donors (Lipinski definition) is 1. The third-order valence-corrected chi connectivity index (χ3v) is 3.82. The van der Waals surface area contributed by atoms with Crippen LogP contribution in [0.25, 0.3) is 0 Å². The summed E-state index contributed by atoms with van der Waals surface area (Å²) in [5.74, 6) is 0.176. The summed E-state index contributed by atoms with van der Waals surface area (Å²) in [4.78, 5) is 15.7. The summed E-state index contributed by atoms with van der Waals surface area (Å²) in [6.07, 6.45) is 0.962. The summed E-state index contributed by atoms with van der Waals surface area (Å²) in [6, 6.07) is 10.9. The molecule has 1 fully saturated rings. The fraction of sp³-hybridized carbons (Fsp3) is 0.533. The number of amides is 1. The van der Waals surface area contributed by atoms with Crippen LogP contribution in [0.4, 0.5) is 0 Å². The van der Waals surface area contributed by atoms with E-state index in [0.29, 0.717) is 12.6 Å². The predicted molar refractivity (Wildman–Crippen MR) is 76.7 cm³/mol. The molecule has 1 unspecified atom stereocenters. The third-order valence-electron chi connectivity index (χ3n) is 3.82. The van der Waals surface area contributed by atoms with Crippen LogP contribution in [0.2, 0.25) is 0 Å². The summed E-state index contributed by atoms with van der Waals surface area (Å²) in [5.41, 5.74) is 7.08. The Morgan fingerprint density at radius 2 is 1.84 bits per heavy atom. The zero-order valence-corrected chi connectivity index (χ0v) is 11.6. The van der Waals surface area contributed by atoms with Gasteiger partial charge in [-0.3, -0.25) is 9.69 Å². The van der Waals surface area contributed by atoms with Crippen molar-refractivity contribution in [1.29, 1.82) is 0 Å². The zero-order valence-electron chi connectivity index (χ0n) is 11.6. The lowest BCUT2D eigenvalue weighted by Crippen LogP contribution is -2.49. The quantitative estimate of drug-likeness (QED) is 0.887. The molecular formula is C15H23N3O. The molecule has 1 aromatic carbocycles. The van der Waals surface area contributed by atoms with E-state index in [2.05, 4.69) is 29.2 Å². The highest BCUT2D eigenvalue weighted by molar-refractivity contribution is 5.73. The summed E-state index contributed by atoms with van der Waals surface area (Å²) >= 11 is 0. The first kappa shape index (κ1) is 14.0. The van der Waals surface area contributed by atoms with Crippen LogP contribution in [0.3, 0.4) is 0 Å². The van der Waals surface area contributed by atoms with Crippen molar-refractivity contribution in [3.63, 3.8) is 0 Å². The Bertz CT molecular complexity index is 399. The Kier molecular flexibility index (Phi) is 4.93. The van der Waals surface area contributed by atoms with Gasteiger partial charge in [-0.15, -0.1) is 0 Å². The number of nitrogens with two attached hydrogens (primary N) is 1. The zero-order chi connectivity index (χ0) is 13.7. The molecule has 0 aromatic heterocycles. The maximum absolute atomic E-state index is 11.4. The minimum absolute atomic E-state index is 0.176. The molecule has 2 N–H and O–H groups in total. The van der Waals surface area contributed by atoms with Crippen molar-refractivity contribution in [2.45, 2.75) is 19.4 Å². The highest BCUT2D eigenvalue weighted by Crippen LogP contribution is 2.24. The van der Waals surface area contributed by atoms with Gasteiger partial charge >= 0.3 is 0 Å². The molecule has 1 saturated heterocycles. The van der Waals surface area contributed by atoms with Gasteiger partial charge in [0.2, 0.25) is 5.91 Å². The van der Waals surface area contributed by atoms with Gasteiger partial charge in [-0.2, -0.15) is 0 Å². The van der Waals surface area contributed by atoms with E-state index in [-0.39, 0.29) is 5.91 Å². The number of rotatable bonds is 4. The van der Waals surface area contributed by atoms with Gasteiger partial charge in [-0.05, 0) is 18.5 Å². The predicted octanol–water partition coefficient (Wildman–Crippen LogP) is 1.24. The van der Waals surface area contributed by atoms with Gasteiger partial charge < -0.3 is 10.6 Å². The normalized spacial score (nSPS) is 18.3. The Hall–Kier alpha value is -1.39. The lowest BCUT2D eigenvalue weighted by Gasteiger charge is -2.39. The molecule has 104 valence electrons. The van der Waals surface area contributed by atoms with Gasteiger partial charge in [0.15, 0.2) is 0 Å². The van der Waals surface area contributed by atoms with Crippen molar-refractivity contribution in [1.82, 2.24) is 9.80 Å². The van der Waals surface area contributed by atoms with E-state index in [1.165, 1.54) is 5.56 Å². The third kappa shape index (κ3) is 3.55. The van der Waals surface area contributed by atoms with Crippen LogP contribution in [0.15, 0.2) is 30.3 Å². The molecule has 1 amide bonds. The standard InChI is InChI=1S/C15H23N3O/c1-13(19)17-9-11-18(12-10-17)15(7-8-16)14-5-3-2-4-6-14/h2-6,15H,7-12,16H2,1H3. The maximum Gasteiger partial charge on any atom is 0.219 e. The highest BCUT2D eigenvalue weighted by Gasteiger charge is 2.25. The Morgan fingerprint density at radius 1 is 1.21 bits per heavy atom. The van der Waals surface area contributed by atoms with Gasteiger partial charge in [0.25, 0.3) is 0 Å². The van der Waals surface area contributed by atoms with Gasteiger partial charge in [-0.1, -0.05) is 30.3 Å². The van der Waals surface area contributed by atoms with Crippen LogP contribution in [0.1, 0.15) is 24.9 Å². The first-order valence-electron chi connectivity index (χ1n) is 6.97. The average Bonchev–Trinajstić information content (AvgIpc) is 2.46. The fourth-order valence-corrected chi connectivity index (χ4v) is 2.74. The second-order valence-corrected chi connectivity index (χ2v) is 5.05. The number of carbonyl (C=O) groups excluding carboxylic acids is 1. The molecule has 0 saturated carbocycles. The van der Waals surface area contributed by atoms with Crippen LogP contribution in [-0.4, -0.2) is 48.4 Å². The molecule has 4 heteroatoms. The Morgan fingerprint density at radius 3 is 2.37 bits per heavy atom. The molecule has 1 aliphatic heterocycles. The van der Waals surface area contributed by atoms with Crippen LogP contribution in [0, 0.1) is 0 Å². The molecule has 0 aliphatic carbocycles. The van der Waals surface area contributed by atoms with Crippen LogP contribution in [0.5, 0.6) is 0 Å². The largest absolute Gasteiger partial charge is 0.340 e. The van der Waals surface area contributed by atoms with Gasteiger partial charge in [0, 0.05) is 39.1 Å². The topological polar surface area (TPSA) is 49.6 Å². The van der Waals surface area contributed by atoms with Crippen molar-refractivity contribution in [2.75, 3.05) is 32.7 Å². The van der Waals surface area contributed by atoms with Crippen molar-refractivity contribution in [2.24, 2.45) is 5.73 Å². The molecule has 0 bridgehead atoms. The van der Waals surface area contributed by atoms with Crippen LogP contribution >= 0.6 is 0 Å². The number of piperazine rings is 1. The van der Waals surface area contributed by atoms with Crippen molar-refractivity contribution in [3.05, 3.63) is 35.9 Å². The van der Waals surface area contributed by atoms with E-state index in [1.54, 1.807) is 6.92 Å². The molecule has 0 spiro atoms. The minimum Gasteiger partial charge on any atom is -0.340 e. The average molecular weight is 261 g/mol. The monoisotopic (exact) mass is 261 g/mol. The van der Waals surface area contributed by atoms with Crippen molar-refractivity contribution in [3.8, 4) is 0 Å². The summed E-state index contributed by atoms with van der Waals surface area (Å²) < 4.78 is 0. The second kappa shape index (κ2) is 6.68. The molecule has 0 radical (unpaired) electrons. The molecular weight excluding hydrogens is 238 g/mol. The van der Waals surface area contributed by atoms with Gasteiger partial charge in [0.05, 0.1) is 0 Å². The van der Waals surface area contributed by atoms with Gasteiger partial charge in [0.1, 0.15) is 0 Å². The van der Waals surface area contributed by atoms with Gasteiger partial charge in [-0.25, -0.2) is 0 Å². The lowest BCUT2D eigenvalue weighted by atomic mass is 10.0. The van der Waals surface area contributed by atoms with E-state index in [1.807, 2.05) is 11.0 Å². The Labute approximate surface area is 115 Å². The number of benzene rings is 1. The van der Waals surface area contributed by atoms with E-state index >= 15 is 0 Å². The fourth-order valence-electron chi connectivity index (χ4n) is 2.74. The van der Waals surface area contributed by atoms with E-state index in [0.717, 1.165) is 32.6 Å². The number of nitrogens with zero attached hydrogens (tertiary/aromatic N) is 2. The highest BCUT2D eigenvalue weighted by atomic mass is 16.2. The van der Waals surface area contributed by atoms with Crippen molar-refractivity contribution < 1.29 is 4.79 Å². The maximum atomic E-state index is 11.4.